The quantitative estimate of drug-likeness (QED) is 0.238. The Morgan fingerprint density at radius 1 is 1.19 bits per heavy atom. The number of alkyl halides is 2. The number of likely N-dealkylation sites (N-methyl/N-ethyl adjacent to an activating group) is 1. The number of piperazine rings is 1. The molecule has 2 aliphatic carbocycles. The lowest BCUT2D eigenvalue weighted by atomic mass is 10.0. The third-order valence-corrected chi connectivity index (χ3v) is 10.9. The van der Waals surface area contributed by atoms with Gasteiger partial charge in [0.05, 0.1) is 17.3 Å². The first-order valence-corrected chi connectivity index (χ1v) is 16.6. The molecule has 4 atom stereocenters. The summed E-state index contributed by atoms with van der Waals surface area (Å²) in [5.74, 6) is -2.77. The van der Waals surface area contributed by atoms with Gasteiger partial charge in [-0.05, 0) is 57.0 Å². The van der Waals surface area contributed by atoms with Crippen LogP contribution in [0.25, 0.3) is 15.6 Å². The van der Waals surface area contributed by atoms with Gasteiger partial charge in [-0.25, -0.2) is 19.7 Å². The number of carbonyl (C=O) groups is 1. The lowest BCUT2D eigenvalue weighted by Crippen LogP contribution is -2.56. The van der Waals surface area contributed by atoms with E-state index in [0.717, 1.165) is 16.6 Å². The summed E-state index contributed by atoms with van der Waals surface area (Å²) in [7, 11) is 3.74. The second-order valence-electron chi connectivity index (χ2n) is 13.6. The lowest BCUT2D eigenvalue weighted by molar-refractivity contribution is -0.128. The predicted octanol–water partition coefficient (Wildman–Crippen LogP) is 5.60. The minimum absolute atomic E-state index is 0.0563. The van der Waals surface area contributed by atoms with E-state index in [0.29, 0.717) is 62.5 Å². The van der Waals surface area contributed by atoms with Gasteiger partial charge in [-0.2, -0.15) is 9.97 Å². The monoisotopic (exact) mass is 679 g/mol. The third kappa shape index (κ3) is 5.50. The molecule has 7 rings (SSSR count). The van der Waals surface area contributed by atoms with Gasteiger partial charge in [0.1, 0.15) is 23.8 Å². The van der Waals surface area contributed by atoms with E-state index in [1.165, 1.54) is 12.1 Å². The van der Waals surface area contributed by atoms with Crippen LogP contribution in [0.4, 0.5) is 24.7 Å². The van der Waals surface area contributed by atoms with Crippen molar-refractivity contribution in [2.75, 3.05) is 56.6 Å². The molecule has 3 fully saturated rings. The number of hydrogen-bond acceptors (Lipinski definition) is 7. The zero-order valence-corrected chi connectivity index (χ0v) is 27.7. The van der Waals surface area contributed by atoms with E-state index in [-0.39, 0.29) is 48.4 Å². The maximum atomic E-state index is 14.6. The minimum atomic E-state index is -2.71. The summed E-state index contributed by atoms with van der Waals surface area (Å²) in [5, 5.41) is 1.49. The number of hydrogen-bond donors (Lipinski definition) is 0. The topological polar surface area (TPSA) is 69.4 Å². The number of ether oxygens (including phenoxy) is 1. The zero-order chi connectivity index (χ0) is 34.0. The first-order valence-electron chi connectivity index (χ1n) is 16.2. The van der Waals surface area contributed by atoms with E-state index in [2.05, 4.69) is 21.2 Å². The van der Waals surface area contributed by atoms with Crippen molar-refractivity contribution in [3.63, 3.8) is 0 Å². The van der Waals surface area contributed by atoms with Gasteiger partial charge >= 0.3 is 6.01 Å². The lowest BCUT2D eigenvalue weighted by Gasteiger charge is -2.41. The minimum Gasteiger partial charge on any atom is -0.458 e. The van der Waals surface area contributed by atoms with E-state index in [1.807, 2.05) is 37.2 Å². The van der Waals surface area contributed by atoms with Crippen LogP contribution in [0, 0.1) is 17.8 Å². The van der Waals surface area contributed by atoms with Gasteiger partial charge in [0, 0.05) is 60.7 Å². The molecular formula is C35H37ClF3N7O2. The van der Waals surface area contributed by atoms with Crippen molar-refractivity contribution in [3.8, 4) is 6.01 Å². The van der Waals surface area contributed by atoms with Crippen molar-refractivity contribution in [1.82, 2.24) is 19.8 Å². The predicted molar refractivity (Wildman–Crippen MR) is 178 cm³/mol. The summed E-state index contributed by atoms with van der Waals surface area (Å²) in [4.78, 5) is 33.8. The van der Waals surface area contributed by atoms with Crippen molar-refractivity contribution >= 4 is 39.8 Å². The van der Waals surface area contributed by atoms with Gasteiger partial charge in [-0.3, -0.25) is 4.79 Å². The molecule has 1 spiro atoms. The fraction of sp³-hybridized carbons (Fsp3) is 0.486. The molecule has 3 aromatic rings. The molecule has 252 valence electrons. The Balaban J connectivity index is 1.26. The molecule has 1 amide bonds. The number of carbonyl (C=O) groups excluding carboxylic acids is 1. The van der Waals surface area contributed by atoms with Gasteiger partial charge < -0.3 is 29.2 Å². The van der Waals surface area contributed by atoms with Crippen LogP contribution >= 0.6 is 11.6 Å². The van der Waals surface area contributed by atoms with Crippen LogP contribution in [0.2, 0.25) is 5.02 Å². The van der Waals surface area contributed by atoms with E-state index >= 15 is 0 Å². The first-order chi connectivity index (χ1) is 22.9. The van der Waals surface area contributed by atoms with Crippen LogP contribution in [-0.2, 0) is 17.8 Å². The molecule has 13 heteroatoms. The number of halogens is 4. The number of anilines is 2. The van der Waals surface area contributed by atoms with E-state index in [4.69, 9.17) is 32.9 Å². The number of rotatable bonds is 7. The summed E-state index contributed by atoms with van der Waals surface area (Å²) < 4.78 is 50.2. The molecule has 0 radical (unpaired) electrons. The summed E-state index contributed by atoms with van der Waals surface area (Å²) >= 11 is 6.50. The summed E-state index contributed by atoms with van der Waals surface area (Å²) in [6.45, 7) is 13.4. The van der Waals surface area contributed by atoms with E-state index in [1.54, 1.807) is 11.0 Å². The van der Waals surface area contributed by atoms with Crippen molar-refractivity contribution < 1.29 is 22.7 Å². The van der Waals surface area contributed by atoms with Crippen molar-refractivity contribution in [2.24, 2.45) is 5.41 Å². The number of benzene rings is 2. The average molecular weight is 680 g/mol. The van der Waals surface area contributed by atoms with Crippen LogP contribution in [0.15, 0.2) is 43.0 Å². The molecule has 2 aliphatic heterocycles. The van der Waals surface area contributed by atoms with Crippen LogP contribution < -0.4 is 14.5 Å². The molecule has 0 N–H and O–H groups in total. The second kappa shape index (κ2) is 12.1. The molecule has 2 aromatic carbocycles. The molecule has 2 unspecified atom stereocenters. The fourth-order valence-electron chi connectivity index (χ4n) is 7.91. The van der Waals surface area contributed by atoms with Crippen molar-refractivity contribution in [1.29, 1.82) is 0 Å². The molecule has 3 heterocycles. The normalized spacial score (nSPS) is 26.1. The highest BCUT2D eigenvalue weighted by Gasteiger charge is 2.75. The summed E-state index contributed by atoms with van der Waals surface area (Å²) in [6.07, 6.45) is 1.70. The Kier molecular flexibility index (Phi) is 8.19. The molecule has 48 heavy (non-hydrogen) atoms. The second-order valence-corrected chi connectivity index (χ2v) is 14.0. The molecule has 1 aromatic heterocycles. The Morgan fingerprint density at radius 2 is 1.98 bits per heavy atom. The Labute approximate surface area is 282 Å². The highest BCUT2D eigenvalue weighted by molar-refractivity contribution is 6.36. The number of aromatic nitrogens is 2. The van der Waals surface area contributed by atoms with Crippen LogP contribution in [-0.4, -0.2) is 96.6 Å². The summed E-state index contributed by atoms with van der Waals surface area (Å²) in [6, 6.07) is 8.29. The average Bonchev–Trinajstić information content (AvgIpc) is 3.39. The van der Waals surface area contributed by atoms with Crippen LogP contribution in [0.1, 0.15) is 30.5 Å². The van der Waals surface area contributed by atoms with Crippen LogP contribution in [0.5, 0.6) is 6.01 Å². The maximum Gasteiger partial charge on any atom is 0.319 e. The largest absolute Gasteiger partial charge is 0.458 e. The van der Waals surface area contributed by atoms with Gasteiger partial charge in [-0.15, -0.1) is 0 Å². The van der Waals surface area contributed by atoms with E-state index < -0.39 is 23.3 Å². The Hall–Kier alpha value is -4.08. The number of fused-ring (bicyclic) bond motifs is 2. The number of amides is 1. The first kappa shape index (κ1) is 32.5. The number of nitrogens with zero attached hydrogens (tertiary/aromatic N) is 7. The molecule has 1 saturated heterocycles. The van der Waals surface area contributed by atoms with Gasteiger partial charge in [0.15, 0.2) is 0 Å². The van der Waals surface area contributed by atoms with Crippen LogP contribution in [0.3, 0.4) is 0 Å². The van der Waals surface area contributed by atoms with Crippen molar-refractivity contribution in [3.05, 3.63) is 76.5 Å². The van der Waals surface area contributed by atoms with Gasteiger partial charge in [0.25, 0.3) is 5.92 Å². The van der Waals surface area contributed by atoms with Gasteiger partial charge in [0.2, 0.25) is 12.5 Å². The Bertz CT molecular complexity index is 1830. The highest BCUT2D eigenvalue weighted by Crippen LogP contribution is 2.69. The zero-order valence-electron chi connectivity index (χ0n) is 26.9. The Morgan fingerprint density at radius 3 is 2.69 bits per heavy atom. The fourth-order valence-corrected chi connectivity index (χ4v) is 8.18. The highest BCUT2D eigenvalue weighted by atomic mass is 35.5. The molecule has 9 nitrogen and oxygen atoms in total. The van der Waals surface area contributed by atoms with E-state index in [9.17, 15) is 18.0 Å². The molecule has 4 aliphatic rings. The molecule has 0 bridgehead atoms. The van der Waals surface area contributed by atoms with Crippen molar-refractivity contribution in [2.45, 2.75) is 56.3 Å². The van der Waals surface area contributed by atoms with Gasteiger partial charge in [-0.1, -0.05) is 36.4 Å². The molecular weight excluding hydrogens is 643 g/mol. The maximum absolute atomic E-state index is 14.6. The summed E-state index contributed by atoms with van der Waals surface area (Å²) in [5.41, 5.74) is 1.34. The SMILES string of the molecule is [C-]#[N+]CC1CN(c2nc(O[C@@H]3CC4(C[C@H]3N(C)C)CC4(F)F)nc3c2CCN(c2cccc4ccc(F)c(Cl)c24)C3)CCN1C(=O)C=C. The smallest absolute Gasteiger partial charge is 0.319 e. The standard InChI is InChI=1S/C35H37ClF3N7O2/c1-5-29(47)46-14-13-45(18-22(46)17-40-2)32-23-11-12-44(26-8-6-7-21-9-10-24(37)31(36)30(21)26)19-25(23)41-33(42-32)48-28-16-34(20-35(34,38)39)15-27(28)43(3)4/h5-10,22,27-28H,1,11-20H2,3-4H3/t22?,27-,28-,34?/m1/s1. The molecule has 2 saturated carbocycles. The third-order valence-electron chi connectivity index (χ3n) is 10.6.